The topological polar surface area (TPSA) is 70.6 Å². The van der Waals surface area contributed by atoms with Crippen LogP contribution in [0, 0.1) is 11.7 Å². The van der Waals surface area contributed by atoms with Gasteiger partial charge in [-0.1, -0.05) is 19.4 Å². The van der Waals surface area contributed by atoms with E-state index < -0.39 is 11.7 Å². The minimum absolute atomic E-state index is 0.0898. The zero-order valence-electron chi connectivity index (χ0n) is 12.8. The summed E-state index contributed by atoms with van der Waals surface area (Å²) >= 11 is 0. The third-order valence-corrected chi connectivity index (χ3v) is 3.97. The van der Waals surface area contributed by atoms with Gasteiger partial charge in [0.15, 0.2) is 0 Å². The molecule has 0 aromatic heterocycles. The number of hydroxylamine groups is 1. The quantitative estimate of drug-likeness (QED) is 0.589. The first-order chi connectivity index (χ1) is 10.6. The summed E-state index contributed by atoms with van der Waals surface area (Å²) in [6, 6.07) is 4.38. The molecule has 0 spiro atoms. The second-order valence-corrected chi connectivity index (χ2v) is 5.90. The highest BCUT2D eigenvalue weighted by Crippen LogP contribution is 2.15. The van der Waals surface area contributed by atoms with E-state index in [0.717, 1.165) is 31.9 Å². The maximum absolute atomic E-state index is 14.0. The SMILES string of the molecule is CC1CCCC(NCc2ccc(C(=O)NO)cc2F)COC1. The molecular formula is C16H23FN2O3. The first-order valence-electron chi connectivity index (χ1n) is 7.64. The molecule has 1 amide bonds. The van der Waals surface area contributed by atoms with Gasteiger partial charge in [-0.15, -0.1) is 0 Å². The van der Waals surface area contributed by atoms with Gasteiger partial charge >= 0.3 is 0 Å². The largest absolute Gasteiger partial charge is 0.380 e. The molecule has 2 rings (SSSR count). The van der Waals surface area contributed by atoms with Gasteiger partial charge in [0, 0.05) is 30.3 Å². The zero-order valence-corrected chi connectivity index (χ0v) is 12.8. The number of halogens is 1. The number of rotatable bonds is 4. The van der Waals surface area contributed by atoms with Gasteiger partial charge in [0.1, 0.15) is 5.82 Å². The summed E-state index contributed by atoms with van der Waals surface area (Å²) in [5.74, 6) is -0.585. The van der Waals surface area contributed by atoms with Crippen LogP contribution in [0.3, 0.4) is 0 Å². The third kappa shape index (κ3) is 4.76. The molecule has 0 saturated carbocycles. The van der Waals surface area contributed by atoms with Crippen LogP contribution in [0.5, 0.6) is 0 Å². The van der Waals surface area contributed by atoms with Crippen molar-refractivity contribution in [2.45, 2.75) is 38.8 Å². The normalized spacial score (nSPS) is 22.7. The first kappa shape index (κ1) is 16.9. The summed E-state index contributed by atoms with van der Waals surface area (Å²) in [6.45, 7) is 3.98. The molecule has 0 bridgehead atoms. The lowest BCUT2D eigenvalue weighted by molar-refractivity contribution is 0.0671. The number of ether oxygens (including phenoxy) is 1. The van der Waals surface area contributed by atoms with Gasteiger partial charge in [-0.05, 0) is 30.9 Å². The summed E-state index contributed by atoms with van der Waals surface area (Å²) in [7, 11) is 0. The molecule has 5 nitrogen and oxygen atoms in total. The summed E-state index contributed by atoms with van der Waals surface area (Å²) < 4.78 is 19.6. The van der Waals surface area contributed by atoms with Crippen LogP contribution >= 0.6 is 0 Å². The number of hydrogen-bond acceptors (Lipinski definition) is 4. The van der Waals surface area contributed by atoms with E-state index in [1.165, 1.54) is 11.5 Å². The van der Waals surface area contributed by atoms with Crippen molar-refractivity contribution in [1.82, 2.24) is 10.8 Å². The molecule has 22 heavy (non-hydrogen) atoms. The lowest BCUT2D eigenvalue weighted by Gasteiger charge is -2.24. The Kier molecular flexibility index (Phi) is 6.30. The highest BCUT2D eigenvalue weighted by atomic mass is 19.1. The fourth-order valence-electron chi connectivity index (χ4n) is 2.60. The van der Waals surface area contributed by atoms with Gasteiger partial charge in [-0.3, -0.25) is 10.0 Å². The van der Waals surface area contributed by atoms with Gasteiger partial charge < -0.3 is 10.1 Å². The Labute approximate surface area is 129 Å². The fraction of sp³-hybridized carbons (Fsp3) is 0.562. The minimum atomic E-state index is -0.721. The molecule has 2 atom stereocenters. The van der Waals surface area contributed by atoms with Crippen LogP contribution in [0.15, 0.2) is 18.2 Å². The molecule has 1 saturated heterocycles. The molecule has 1 fully saturated rings. The van der Waals surface area contributed by atoms with Gasteiger partial charge in [0.25, 0.3) is 5.91 Å². The lowest BCUT2D eigenvalue weighted by atomic mass is 10.0. The van der Waals surface area contributed by atoms with Crippen molar-refractivity contribution in [3.63, 3.8) is 0 Å². The Morgan fingerprint density at radius 2 is 2.23 bits per heavy atom. The van der Waals surface area contributed by atoms with E-state index in [1.54, 1.807) is 6.07 Å². The predicted octanol–water partition coefficient (Wildman–Crippen LogP) is 2.24. The second kappa shape index (κ2) is 8.22. The van der Waals surface area contributed by atoms with Crippen molar-refractivity contribution in [1.29, 1.82) is 0 Å². The number of hydrogen-bond donors (Lipinski definition) is 3. The van der Waals surface area contributed by atoms with E-state index in [0.29, 0.717) is 24.6 Å². The van der Waals surface area contributed by atoms with Crippen LogP contribution in [0.1, 0.15) is 42.1 Å². The average molecular weight is 310 g/mol. The van der Waals surface area contributed by atoms with E-state index >= 15 is 0 Å². The predicted molar refractivity (Wildman–Crippen MR) is 80.1 cm³/mol. The molecule has 6 heteroatoms. The summed E-state index contributed by atoms with van der Waals surface area (Å²) in [6.07, 6.45) is 3.30. The number of amides is 1. The third-order valence-electron chi connectivity index (χ3n) is 3.97. The summed E-state index contributed by atoms with van der Waals surface area (Å²) in [5.41, 5.74) is 2.07. The molecule has 122 valence electrons. The Bertz CT molecular complexity index is 500. The molecule has 3 N–H and O–H groups in total. The Morgan fingerprint density at radius 3 is 2.95 bits per heavy atom. The van der Waals surface area contributed by atoms with Crippen molar-refractivity contribution in [2.75, 3.05) is 13.2 Å². The van der Waals surface area contributed by atoms with E-state index in [4.69, 9.17) is 9.94 Å². The standard InChI is InChI=1S/C16H23FN2O3/c1-11-3-2-4-14(10-22-9-11)18-8-13-6-5-12(7-15(13)17)16(20)19-21/h5-7,11,14,18,21H,2-4,8-10H2,1H3,(H,19,20). The van der Waals surface area contributed by atoms with Crippen LogP contribution in [0.4, 0.5) is 4.39 Å². The Morgan fingerprint density at radius 1 is 1.41 bits per heavy atom. The summed E-state index contributed by atoms with van der Waals surface area (Å²) in [4.78, 5) is 11.2. The molecular weight excluding hydrogens is 287 g/mol. The number of nitrogens with one attached hydrogen (secondary N) is 2. The van der Waals surface area contributed by atoms with E-state index in [-0.39, 0.29) is 11.6 Å². The molecule has 0 radical (unpaired) electrons. The van der Waals surface area contributed by atoms with Crippen LogP contribution in [0.2, 0.25) is 0 Å². The average Bonchev–Trinajstić information content (AvgIpc) is 2.49. The van der Waals surface area contributed by atoms with Crippen LogP contribution in [-0.4, -0.2) is 30.4 Å². The highest BCUT2D eigenvalue weighted by molar-refractivity contribution is 5.93. The van der Waals surface area contributed by atoms with Gasteiger partial charge in [0.05, 0.1) is 6.61 Å². The van der Waals surface area contributed by atoms with E-state index in [1.807, 2.05) is 0 Å². The van der Waals surface area contributed by atoms with Crippen molar-refractivity contribution in [2.24, 2.45) is 5.92 Å². The van der Waals surface area contributed by atoms with Crippen LogP contribution < -0.4 is 10.8 Å². The zero-order chi connectivity index (χ0) is 15.9. The molecule has 0 aliphatic carbocycles. The minimum Gasteiger partial charge on any atom is -0.380 e. The highest BCUT2D eigenvalue weighted by Gasteiger charge is 2.15. The molecule has 1 aromatic rings. The van der Waals surface area contributed by atoms with Crippen LogP contribution in [-0.2, 0) is 11.3 Å². The second-order valence-electron chi connectivity index (χ2n) is 5.90. The van der Waals surface area contributed by atoms with Crippen molar-refractivity contribution < 1.29 is 19.1 Å². The number of benzene rings is 1. The van der Waals surface area contributed by atoms with Crippen molar-refractivity contribution in [3.05, 3.63) is 35.1 Å². The van der Waals surface area contributed by atoms with Gasteiger partial charge in [-0.25, -0.2) is 9.87 Å². The monoisotopic (exact) mass is 310 g/mol. The molecule has 1 heterocycles. The first-order valence-corrected chi connectivity index (χ1v) is 7.64. The van der Waals surface area contributed by atoms with E-state index in [2.05, 4.69) is 12.2 Å². The summed E-state index contributed by atoms with van der Waals surface area (Å²) in [5, 5.41) is 11.9. The van der Waals surface area contributed by atoms with Crippen LogP contribution in [0.25, 0.3) is 0 Å². The molecule has 2 unspecified atom stereocenters. The van der Waals surface area contributed by atoms with E-state index in [9.17, 15) is 9.18 Å². The van der Waals surface area contributed by atoms with Crippen molar-refractivity contribution in [3.8, 4) is 0 Å². The van der Waals surface area contributed by atoms with Gasteiger partial charge in [0.2, 0.25) is 0 Å². The Hall–Kier alpha value is -1.50. The van der Waals surface area contributed by atoms with Crippen molar-refractivity contribution >= 4 is 5.91 Å². The number of carbonyl (C=O) groups is 1. The lowest BCUT2D eigenvalue weighted by Crippen LogP contribution is -2.35. The Balaban J connectivity index is 1.89. The molecule has 1 aliphatic heterocycles. The molecule has 1 aromatic carbocycles. The maximum Gasteiger partial charge on any atom is 0.274 e. The smallest absolute Gasteiger partial charge is 0.274 e. The maximum atomic E-state index is 14.0. The van der Waals surface area contributed by atoms with Gasteiger partial charge in [-0.2, -0.15) is 0 Å². The fourth-order valence-corrected chi connectivity index (χ4v) is 2.60. The number of carbonyl (C=O) groups excluding carboxylic acids is 1. The molecule has 1 aliphatic rings.